The average molecular weight is 260 g/mol. The lowest BCUT2D eigenvalue weighted by molar-refractivity contribution is 0.147. The van der Waals surface area contributed by atoms with E-state index >= 15 is 0 Å². The predicted molar refractivity (Wildman–Crippen MR) is 71.8 cm³/mol. The molecule has 3 rings (SSSR count). The molecule has 0 spiro atoms. The van der Waals surface area contributed by atoms with Crippen LogP contribution in [0.15, 0.2) is 28.8 Å². The Balaban J connectivity index is 1.66. The van der Waals surface area contributed by atoms with E-state index in [0.717, 1.165) is 11.5 Å². The number of hydrogen-bond acceptors (Lipinski definition) is 3. The number of furan rings is 1. The minimum absolute atomic E-state index is 0.507. The Hall–Kier alpha value is -1.55. The Kier molecular flexibility index (Phi) is 3.42. The van der Waals surface area contributed by atoms with Gasteiger partial charge in [0.2, 0.25) is 0 Å². The Bertz CT molecular complexity index is 538. The van der Waals surface area contributed by atoms with Crippen molar-refractivity contribution in [2.24, 2.45) is 0 Å². The molecule has 0 bridgehead atoms. The minimum atomic E-state index is -0.611. The van der Waals surface area contributed by atoms with Gasteiger partial charge in [-0.3, -0.25) is 4.68 Å². The first kappa shape index (κ1) is 12.5. The van der Waals surface area contributed by atoms with Crippen molar-refractivity contribution in [3.63, 3.8) is 0 Å². The maximum atomic E-state index is 10.1. The van der Waals surface area contributed by atoms with E-state index < -0.39 is 6.10 Å². The molecule has 0 aliphatic heterocycles. The summed E-state index contributed by atoms with van der Waals surface area (Å²) in [6.45, 7) is 1.88. The van der Waals surface area contributed by atoms with Crippen LogP contribution in [0.2, 0.25) is 0 Å². The van der Waals surface area contributed by atoms with E-state index in [2.05, 4.69) is 9.78 Å². The Morgan fingerprint density at radius 3 is 2.84 bits per heavy atom. The smallest absolute Gasteiger partial charge is 0.133 e. The van der Waals surface area contributed by atoms with Crippen molar-refractivity contribution in [2.45, 2.75) is 51.2 Å². The highest BCUT2D eigenvalue weighted by Gasteiger charge is 2.19. The molecule has 1 fully saturated rings. The van der Waals surface area contributed by atoms with Gasteiger partial charge in [0, 0.05) is 12.6 Å². The fraction of sp³-hybridized carbons (Fsp3) is 0.533. The molecule has 1 saturated carbocycles. The molecule has 0 radical (unpaired) electrons. The van der Waals surface area contributed by atoms with Crippen molar-refractivity contribution in [3.8, 4) is 0 Å². The van der Waals surface area contributed by atoms with Gasteiger partial charge in [-0.05, 0) is 38.0 Å². The third kappa shape index (κ3) is 2.73. The minimum Gasteiger partial charge on any atom is -0.464 e. The van der Waals surface area contributed by atoms with Gasteiger partial charge in [-0.2, -0.15) is 5.10 Å². The van der Waals surface area contributed by atoms with Gasteiger partial charge in [0.05, 0.1) is 11.7 Å². The fourth-order valence-corrected chi connectivity index (χ4v) is 2.79. The molecule has 1 aliphatic carbocycles. The normalized spacial score (nSPS) is 18.0. The molecule has 1 atom stereocenters. The molecule has 2 heterocycles. The van der Waals surface area contributed by atoms with Gasteiger partial charge >= 0.3 is 0 Å². The molecule has 102 valence electrons. The lowest BCUT2D eigenvalue weighted by Gasteiger charge is -2.09. The SMILES string of the molecule is Cc1ccc(C(O)Cc2ccn(C3CCCC3)n2)o1. The van der Waals surface area contributed by atoms with Crippen LogP contribution in [0.1, 0.15) is 55.0 Å². The number of rotatable bonds is 4. The third-order valence-corrected chi connectivity index (χ3v) is 3.85. The molecular formula is C15H20N2O2. The van der Waals surface area contributed by atoms with E-state index in [-0.39, 0.29) is 0 Å². The second-order valence-corrected chi connectivity index (χ2v) is 5.39. The largest absolute Gasteiger partial charge is 0.464 e. The Morgan fingerprint density at radius 1 is 1.37 bits per heavy atom. The van der Waals surface area contributed by atoms with E-state index in [1.807, 2.05) is 31.3 Å². The quantitative estimate of drug-likeness (QED) is 0.918. The summed E-state index contributed by atoms with van der Waals surface area (Å²) in [5.74, 6) is 1.44. The number of nitrogens with zero attached hydrogens (tertiary/aromatic N) is 2. The van der Waals surface area contributed by atoms with Crippen LogP contribution in [-0.2, 0) is 6.42 Å². The zero-order valence-corrected chi connectivity index (χ0v) is 11.2. The van der Waals surface area contributed by atoms with Crippen LogP contribution >= 0.6 is 0 Å². The molecule has 4 nitrogen and oxygen atoms in total. The summed E-state index contributed by atoms with van der Waals surface area (Å²) in [6.07, 6.45) is 6.98. The molecule has 0 saturated heterocycles. The van der Waals surface area contributed by atoms with Gasteiger partial charge in [-0.15, -0.1) is 0 Å². The molecule has 1 aliphatic rings. The molecule has 1 unspecified atom stereocenters. The second-order valence-electron chi connectivity index (χ2n) is 5.39. The molecule has 1 N–H and O–H groups in total. The van der Waals surface area contributed by atoms with E-state index in [9.17, 15) is 5.11 Å². The average Bonchev–Trinajstić information content (AvgIpc) is 3.07. The fourth-order valence-electron chi connectivity index (χ4n) is 2.79. The van der Waals surface area contributed by atoms with E-state index in [0.29, 0.717) is 18.2 Å². The van der Waals surface area contributed by atoms with Gasteiger partial charge < -0.3 is 9.52 Å². The zero-order valence-electron chi connectivity index (χ0n) is 11.2. The van der Waals surface area contributed by atoms with E-state index in [1.165, 1.54) is 25.7 Å². The summed E-state index contributed by atoms with van der Waals surface area (Å²) in [5, 5.41) is 14.7. The first-order valence-corrected chi connectivity index (χ1v) is 7.01. The molecule has 2 aromatic rings. The summed E-state index contributed by atoms with van der Waals surface area (Å²) >= 11 is 0. The molecule has 0 amide bonds. The van der Waals surface area contributed by atoms with Crippen LogP contribution in [0.4, 0.5) is 0 Å². The van der Waals surface area contributed by atoms with Crippen molar-refractivity contribution in [1.29, 1.82) is 0 Å². The van der Waals surface area contributed by atoms with Crippen LogP contribution < -0.4 is 0 Å². The Morgan fingerprint density at radius 2 is 2.16 bits per heavy atom. The monoisotopic (exact) mass is 260 g/mol. The van der Waals surface area contributed by atoms with Gasteiger partial charge in [0.15, 0.2) is 0 Å². The number of aromatic nitrogens is 2. The van der Waals surface area contributed by atoms with Gasteiger partial charge in [0.1, 0.15) is 17.6 Å². The van der Waals surface area contributed by atoms with Crippen molar-refractivity contribution in [1.82, 2.24) is 9.78 Å². The lowest BCUT2D eigenvalue weighted by atomic mass is 10.1. The van der Waals surface area contributed by atoms with Gasteiger partial charge in [0.25, 0.3) is 0 Å². The van der Waals surface area contributed by atoms with Crippen LogP contribution in [0.25, 0.3) is 0 Å². The summed E-state index contributed by atoms with van der Waals surface area (Å²) < 4.78 is 7.50. The number of hydrogen-bond donors (Lipinski definition) is 1. The van der Waals surface area contributed by atoms with Crippen LogP contribution in [-0.4, -0.2) is 14.9 Å². The molecular weight excluding hydrogens is 240 g/mol. The van der Waals surface area contributed by atoms with Crippen molar-refractivity contribution >= 4 is 0 Å². The van der Waals surface area contributed by atoms with Crippen molar-refractivity contribution in [3.05, 3.63) is 41.6 Å². The van der Waals surface area contributed by atoms with Crippen LogP contribution in [0.3, 0.4) is 0 Å². The topological polar surface area (TPSA) is 51.2 Å². The second kappa shape index (κ2) is 5.21. The number of aliphatic hydroxyl groups excluding tert-OH is 1. The van der Waals surface area contributed by atoms with Crippen molar-refractivity contribution < 1.29 is 9.52 Å². The van der Waals surface area contributed by atoms with Crippen molar-refractivity contribution in [2.75, 3.05) is 0 Å². The summed E-state index contributed by atoms with van der Waals surface area (Å²) in [5.41, 5.74) is 0.924. The lowest BCUT2D eigenvalue weighted by Crippen LogP contribution is -2.07. The van der Waals surface area contributed by atoms with Crippen LogP contribution in [0.5, 0.6) is 0 Å². The first-order valence-electron chi connectivity index (χ1n) is 7.01. The summed E-state index contributed by atoms with van der Waals surface area (Å²) in [6, 6.07) is 6.25. The highest BCUT2D eigenvalue weighted by atomic mass is 16.4. The zero-order chi connectivity index (χ0) is 13.2. The predicted octanol–water partition coefficient (Wildman–Crippen LogP) is 3.18. The number of aryl methyl sites for hydroxylation is 1. The van der Waals surface area contributed by atoms with Crippen LogP contribution in [0, 0.1) is 6.92 Å². The standard InChI is InChI=1S/C15H20N2O2/c1-11-6-7-15(19-11)14(18)10-12-8-9-17(16-12)13-4-2-3-5-13/h6-9,13-14,18H,2-5,10H2,1H3. The Labute approximate surface area is 113 Å². The third-order valence-electron chi connectivity index (χ3n) is 3.85. The molecule has 19 heavy (non-hydrogen) atoms. The maximum absolute atomic E-state index is 10.1. The highest BCUT2D eigenvalue weighted by Crippen LogP contribution is 2.29. The summed E-state index contributed by atoms with van der Waals surface area (Å²) in [7, 11) is 0. The first-order chi connectivity index (χ1) is 9.22. The van der Waals surface area contributed by atoms with E-state index in [4.69, 9.17) is 4.42 Å². The number of aliphatic hydroxyl groups is 1. The molecule has 2 aromatic heterocycles. The highest BCUT2D eigenvalue weighted by molar-refractivity contribution is 5.11. The van der Waals surface area contributed by atoms with Gasteiger partial charge in [-0.25, -0.2) is 0 Å². The van der Waals surface area contributed by atoms with Gasteiger partial charge in [-0.1, -0.05) is 12.8 Å². The molecule has 0 aromatic carbocycles. The molecule has 4 heteroatoms. The maximum Gasteiger partial charge on any atom is 0.133 e. The summed E-state index contributed by atoms with van der Waals surface area (Å²) in [4.78, 5) is 0. The van der Waals surface area contributed by atoms with E-state index in [1.54, 1.807) is 0 Å².